The minimum atomic E-state index is -0.466. The van der Waals surface area contributed by atoms with Gasteiger partial charge in [-0.25, -0.2) is 0 Å². The van der Waals surface area contributed by atoms with Crippen molar-refractivity contribution in [3.05, 3.63) is 35.9 Å². The summed E-state index contributed by atoms with van der Waals surface area (Å²) in [5, 5.41) is 3.20. The van der Waals surface area contributed by atoms with Crippen molar-refractivity contribution in [3.8, 4) is 0 Å². The van der Waals surface area contributed by atoms with Crippen LogP contribution in [0, 0.1) is 5.92 Å². The van der Waals surface area contributed by atoms with E-state index in [0.29, 0.717) is 25.7 Å². The first-order chi connectivity index (χ1) is 10.3. The summed E-state index contributed by atoms with van der Waals surface area (Å²) < 4.78 is 10.8. The third-order valence-corrected chi connectivity index (χ3v) is 4.44. The minimum absolute atomic E-state index is 0.0459. The van der Waals surface area contributed by atoms with E-state index in [1.54, 1.807) is 0 Å². The lowest BCUT2D eigenvalue weighted by atomic mass is 9.91. The molecule has 1 saturated heterocycles. The summed E-state index contributed by atoms with van der Waals surface area (Å²) in [7, 11) is 0. The van der Waals surface area contributed by atoms with Crippen LogP contribution >= 0.6 is 0 Å². The normalized spacial score (nSPS) is 24.7. The van der Waals surface area contributed by atoms with E-state index in [4.69, 9.17) is 9.47 Å². The lowest BCUT2D eigenvalue weighted by Crippen LogP contribution is -2.45. The van der Waals surface area contributed by atoms with Gasteiger partial charge in [-0.1, -0.05) is 43.2 Å². The Bertz CT molecular complexity index is 450. The first-order valence-electron chi connectivity index (χ1n) is 7.89. The monoisotopic (exact) mass is 289 g/mol. The zero-order valence-corrected chi connectivity index (χ0v) is 12.3. The van der Waals surface area contributed by atoms with Gasteiger partial charge in [-0.2, -0.15) is 0 Å². The van der Waals surface area contributed by atoms with Crippen LogP contribution in [-0.4, -0.2) is 31.8 Å². The van der Waals surface area contributed by atoms with E-state index < -0.39 is 6.10 Å². The van der Waals surface area contributed by atoms with Crippen molar-refractivity contribution in [1.82, 2.24) is 5.32 Å². The maximum Gasteiger partial charge on any atom is 0.252 e. The molecular weight excluding hydrogens is 266 g/mol. The van der Waals surface area contributed by atoms with Gasteiger partial charge in [0.05, 0.1) is 25.9 Å². The van der Waals surface area contributed by atoms with E-state index in [1.165, 1.54) is 31.2 Å². The fourth-order valence-corrected chi connectivity index (χ4v) is 3.31. The number of hydrogen-bond acceptors (Lipinski definition) is 3. The maximum atomic E-state index is 12.4. The molecule has 2 atom stereocenters. The molecule has 2 fully saturated rings. The first kappa shape index (κ1) is 14.5. The van der Waals surface area contributed by atoms with Gasteiger partial charge in [-0.05, 0) is 24.3 Å². The van der Waals surface area contributed by atoms with Crippen LogP contribution in [-0.2, 0) is 14.3 Å². The van der Waals surface area contributed by atoms with E-state index in [0.717, 1.165) is 0 Å². The van der Waals surface area contributed by atoms with E-state index in [9.17, 15) is 4.79 Å². The molecule has 4 heteroatoms. The van der Waals surface area contributed by atoms with Crippen molar-refractivity contribution in [2.24, 2.45) is 5.92 Å². The molecule has 1 heterocycles. The van der Waals surface area contributed by atoms with E-state index in [2.05, 4.69) is 17.4 Å². The first-order valence-corrected chi connectivity index (χ1v) is 7.89. The molecule has 4 nitrogen and oxygen atoms in total. The summed E-state index contributed by atoms with van der Waals surface area (Å²) in [5.74, 6) is 0.483. The van der Waals surface area contributed by atoms with Gasteiger partial charge in [0.25, 0.3) is 5.91 Å². The summed E-state index contributed by atoms with van der Waals surface area (Å²) >= 11 is 0. The third kappa shape index (κ3) is 3.63. The van der Waals surface area contributed by atoms with Crippen LogP contribution in [0.2, 0.25) is 0 Å². The quantitative estimate of drug-likeness (QED) is 0.926. The molecule has 1 saturated carbocycles. The Morgan fingerprint density at radius 1 is 1.14 bits per heavy atom. The number of nitrogens with one attached hydrogen (secondary N) is 1. The van der Waals surface area contributed by atoms with Crippen molar-refractivity contribution in [3.63, 3.8) is 0 Å². The Morgan fingerprint density at radius 2 is 1.90 bits per heavy atom. The van der Waals surface area contributed by atoms with Gasteiger partial charge in [0.1, 0.15) is 0 Å². The summed E-state index contributed by atoms with van der Waals surface area (Å²) in [6.07, 6.45) is 4.41. The topological polar surface area (TPSA) is 47.6 Å². The zero-order chi connectivity index (χ0) is 14.5. The van der Waals surface area contributed by atoms with Gasteiger partial charge < -0.3 is 14.8 Å². The highest BCUT2D eigenvalue weighted by Gasteiger charge is 2.31. The number of amides is 1. The molecule has 2 aliphatic rings. The lowest BCUT2D eigenvalue weighted by molar-refractivity contribution is -0.148. The van der Waals surface area contributed by atoms with E-state index in [1.807, 2.05) is 18.2 Å². The molecule has 1 aromatic carbocycles. The molecule has 1 aromatic rings. The Balaban J connectivity index is 1.71. The van der Waals surface area contributed by atoms with Gasteiger partial charge in [0, 0.05) is 0 Å². The summed E-state index contributed by atoms with van der Waals surface area (Å²) in [6.45, 7) is 1.43. The number of hydrogen-bond donors (Lipinski definition) is 1. The van der Waals surface area contributed by atoms with Crippen LogP contribution < -0.4 is 5.32 Å². The zero-order valence-electron chi connectivity index (χ0n) is 12.3. The summed E-state index contributed by atoms with van der Waals surface area (Å²) in [4.78, 5) is 12.4. The van der Waals surface area contributed by atoms with Gasteiger partial charge in [0.2, 0.25) is 0 Å². The Morgan fingerprint density at radius 3 is 2.57 bits per heavy atom. The fraction of sp³-hybridized carbons (Fsp3) is 0.588. The number of rotatable bonds is 4. The molecule has 0 bridgehead atoms. The van der Waals surface area contributed by atoms with Crippen LogP contribution in [0.1, 0.15) is 37.3 Å². The third-order valence-electron chi connectivity index (χ3n) is 4.44. The van der Waals surface area contributed by atoms with Crippen LogP contribution in [0.5, 0.6) is 0 Å². The molecule has 1 amide bonds. The predicted octanol–water partition coefficient (Wildman–Crippen LogP) is 2.45. The molecule has 0 unspecified atom stereocenters. The molecule has 0 spiro atoms. The second-order valence-corrected chi connectivity index (χ2v) is 5.88. The molecule has 1 aliphatic carbocycles. The highest BCUT2D eigenvalue weighted by molar-refractivity contribution is 5.81. The molecule has 114 valence electrons. The van der Waals surface area contributed by atoms with Gasteiger partial charge in [-0.15, -0.1) is 0 Å². The number of ether oxygens (including phenoxy) is 2. The predicted molar refractivity (Wildman–Crippen MR) is 79.8 cm³/mol. The largest absolute Gasteiger partial charge is 0.376 e. The van der Waals surface area contributed by atoms with E-state index in [-0.39, 0.29) is 11.9 Å². The van der Waals surface area contributed by atoms with Crippen LogP contribution in [0.25, 0.3) is 0 Å². The highest BCUT2D eigenvalue weighted by atomic mass is 16.6. The molecule has 21 heavy (non-hydrogen) atoms. The average molecular weight is 289 g/mol. The van der Waals surface area contributed by atoms with Crippen molar-refractivity contribution < 1.29 is 14.3 Å². The van der Waals surface area contributed by atoms with Gasteiger partial charge in [0.15, 0.2) is 6.10 Å². The van der Waals surface area contributed by atoms with Crippen molar-refractivity contribution >= 4 is 5.91 Å². The van der Waals surface area contributed by atoms with Gasteiger partial charge >= 0.3 is 0 Å². The second-order valence-electron chi connectivity index (χ2n) is 5.88. The molecule has 1 N–H and O–H groups in total. The smallest absolute Gasteiger partial charge is 0.252 e. The number of carbonyl (C=O) groups is 1. The molecule has 3 rings (SSSR count). The fourth-order valence-electron chi connectivity index (χ4n) is 3.31. The Kier molecular flexibility index (Phi) is 4.88. The van der Waals surface area contributed by atoms with Crippen LogP contribution in [0.4, 0.5) is 0 Å². The molecule has 0 aromatic heterocycles. The van der Waals surface area contributed by atoms with Crippen molar-refractivity contribution in [2.75, 3.05) is 19.8 Å². The lowest BCUT2D eigenvalue weighted by Gasteiger charge is -2.29. The molecular formula is C17H23NO3. The highest BCUT2D eigenvalue weighted by Crippen LogP contribution is 2.35. The molecule has 1 aliphatic heterocycles. The van der Waals surface area contributed by atoms with Crippen molar-refractivity contribution in [1.29, 1.82) is 0 Å². The van der Waals surface area contributed by atoms with E-state index >= 15 is 0 Å². The van der Waals surface area contributed by atoms with Crippen LogP contribution in [0.3, 0.4) is 0 Å². The van der Waals surface area contributed by atoms with Crippen LogP contribution in [0.15, 0.2) is 30.3 Å². The second kappa shape index (κ2) is 7.05. The summed E-state index contributed by atoms with van der Waals surface area (Å²) in [5.41, 5.74) is 1.19. The standard InChI is InChI=1S/C17H23NO3/c19-17(15-12-20-10-11-21-15)18-16(14-8-4-5-9-14)13-6-2-1-3-7-13/h1-3,6-7,14-16H,4-5,8-12H2,(H,18,19)/t15-,16+/m1/s1. The maximum absolute atomic E-state index is 12.4. The Hall–Kier alpha value is -1.39. The number of benzene rings is 1. The molecule has 0 radical (unpaired) electrons. The number of carbonyl (C=O) groups excluding carboxylic acids is 1. The average Bonchev–Trinajstić information content (AvgIpc) is 3.08. The minimum Gasteiger partial charge on any atom is -0.376 e. The van der Waals surface area contributed by atoms with Gasteiger partial charge in [-0.3, -0.25) is 4.79 Å². The Labute approximate surface area is 125 Å². The van der Waals surface area contributed by atoms with Crippen molar-refractivity contribution in [2.45, 2.75) is 37.8 Å². The SMILES string of the molecule is O=C(N[C@@H](c1ccccc1)C1CCCC1)[C@H]1COCCO1. The summed E-state index contributed by atoms with van der Waals surface area (Å²) in [6, 6.07) is 10.4.